The first-order valence-corrected chi connectivity index (χ1v) is 10.2. The van der Waals surface area contributed by atoms with Gasteiger partial charge in [0.1, 0.15) is 12.0 Å². The Morgan fingerprint density at radius 2 is 1.79 bits per heavy atom. The first-order valence-electron chi connectivity index (χ1n) is 10.2. The van der Waals surface area contributed by atoms with E-state index < -0.39 is 0 Å². The van der Waals surface area contributed by atoms with E-state index in [1.54, 1.807) is 12.5 Å². The van der Waals surface area contributed by atoms with Crippen LogP contribution in [0.2, 0.25) is 0 Å². The number of likely N-dealkylation sites (tertiary alicyclic amines) is 1. The number of piperidine rings is 1. The number of nitrogens with one attached hydrogen (secondary N) is 1. The van der Waals surface area contributed by atoms with Gasteiger partial charge in [-0.25, -0.2) is 4.98 Å². The molecule has 6 nitrogen and oxygen atoms in total. The molecule has 1 aromatic carbocycles. The Labute approximate surface area is 165 Å². The van der Waals surface area contributed by atoms with Crippen LogP contribution in [0.4, 0.5) is 0 Å². The molecule has 28 heavy (non-hydrogen) atoms. The van der Waals surface area contributed by atoms with Crippen LogP contribution in [0.5, 0.6) is 0 Å². The lowest BCUT2D eigenvalue weighted by molar-refractivity contribution is -0.136. The first-order chi connectivity index (χ1) is 13.5. The molecular weight excluding hydrogens is 352 g/mol. The van der Waals surface area contributed by atoms with Gasteiger partial charge in [-0.3, -0.25) is 9.59 Å². The molecule has 148 valence electrons. The third-order valence-electron chi connectivity index (χ3n) is 6.17. The Balaban J connectivity index is 1.35. The molecule has 0 spiro atoms. The average Bonchev–Trinajstić information content (AvgIpc) is 3.41. The standard InChI is InChI=1S/C22H28N4O2/c1-22(11-13-25(14-12-22)21(28)17-7-5-6-8-17)24-20(27)19-15-26(16-23-19)18-9-3-2-4-10-18/h2-4,9-10,15-17H,5-8,11-14H2,1H3,(H,24,27). The summed E-state index contributed by atoms with van der Waals surface area (Å²) in [5.74, 6) is 0.376. The number of amides is 2. The number of benzene rings is 1. The summed E-state index contributed by atoms with van der Waals surface area (Å²) in [4.78, 5) is 31.6. The highest BCUT2D eigenvalue weighted by molar-refractivity contribution is 5.92. The maximum absolute atomic E-state index is 12.7. The summed E-state index contributed by atoms with van der Waals surface area (Å²) in [5, 5.41) is 3.15. The van der Waals surface area contributed by atoms with Crippen molar-refractivity contribution < 1.29 is 9.59 Å². The number of rotatable bonds is 4. The fourth-order valence-electron chi connectivity index (χ4n) is 4.30. The first kappa shape index (κ1) is 18.7. The van der Waals surface area contributed by atoms with E-state index in [0.717, 1.165) is 31.4 Å². The maximum atomic E-state index is 12.7. The van der Waals surface area contributed by atoms with Gasteiger partial charge in [0.15, 0.2) is 0 Å². The van der Waals surface area contributed by atoms with Crippen LogP contribution in [0, 0.1) is 5.92 Å². The minimum atomic E-state index is -0.305. The van der Waals surface area contributed by atoms with Gasteiger partial charge in [0.2, 0.25) is 5.91 Å². The van der Waals surface area contributed by atoms with Gasteiger partial charge in [-0.2, -0.15) is 0 Å². The van der Waals surface area contributed by atoms with Gasteiger partial charge >= 0.3 is 0 Å². The van der Waals surface area contributed by atoms with E-state index in [2.05, 4.69) is 17.2 Å². The van der Waals surface area contributed by atoms with E-state index in [1.807, 2.05) is 39.8 Å². The van der Waals surface area contributed by atoms with Crippen LogP contribution >= 0.6 is 0 Å². The second kappa shape index (κ2) is 7.78. The zero-order valence-electron chi connectivity index (χ0n) is 16.4. The van der Waals surface area contributed by atoms with E-state index in [1.165, 1.54) is 12.8 Å². The molecule has 0 radical (unpaired) electrons. The Morgan fingerprint density at radius 3 is 2.46 bits per heavy atom. The number of hydrogen-bond donors (Lipinski definition) is 1. The van der Waals surface area contributed by atoms with Crippen molar-refractivity contribution >= 4 is 11.8 Å². The predicted molar refractivity (Wildman–Crippen MR) is 107 cm³/mol. The fraction of sp³-hybridized carbons (Fsp3) is 0.500. The molecular formula is C22H28N4O2. The van der Waals surface area contributed by atoms with Gasteiger partial charge in [-0.05, 0) is 44.7 Å². The number of carbonyl (C=O) groups is 2. The smallest absolute Gasteiger partial charge is 0.271 e. The molecule has 4 rings (SSSR count). The summed E-state index contributed by atoms with van der Waals surface area (Å²) in [5.41, 5.74) is 1.08. The Kier molecular flexibility index (Phi) is 5.20. The highest BCUT2D eigenvalue weighted by atomic mass is 16.2. The van der Waals surface area contributed by atoms with E-state index in [0.29, 0.717) is 24.7 Å². The van der Waals surface area contributed by atoms with Crippen molar-refractivity contribution in [1.29, 1.82) is 0 Å². The summed E-state index contributed by atoms with van der Waals surface area (Å²) >= 11 is 0. The minimum Gasteiger partial charge on any atom is -0.345 e. The summed E-state index contributed by atoms with van der Waals surface area (Å²) in [6.07, 6.45) is 9.39. The zero-order valence-corrected chi connectivity index (χ0v) is 16.4. The van der Waals surface area contributed by atoms with Crippen molar-refractivity contribution in [2.45, 2.75) is 51.0 Å². The molecule has 1 aliphatic heterocycles. The molecule has 1 aliphatic carbocycles. The van der Waals surface area contributed by atoms with Crippen molar-refractivity contribution in [3.05, 3.63) is 48.5 Å². The Hall–Kier alpha value is -2.63. The zero-order chi connectivity index (χ0) is 19.6. The quantitative estimate of drug-likeness (QED) is 0.886. The van der Waals surface area contributed by atoms with Gasteiger partial charge in [0, 0.05) is 36.4 Å². The minimum absolute atomic E-state index is 0.159. The molecule has 2 fully saturated rings. The van der Waals surface area contributed by atoms with Crippen LogP contribution in [0.3, 0.4) is 0 Å². The normalized spacial score (nSPS) is 19.5. The highest BCUT2D eigenvalue weighted by Gasteiger charge is 2.36. The van der Waals surface area contributed by atoms with Crippen LogP contribution in [0.1, 0.15) is 55.9 Å². The SMILES string of the molecule is CC1(NC(=O)c2cn(-c3ccccc3)cn2)CCN(C(=O)C2CCCC2)CC1. The van der Waals surface area contributed by atoms with Crippen LogP contribution in [0.15, 0.2) is 42.9 Å². The lowest BCUT2D eigenvalue weighted by Crippen LogP contribution is -2.55. The van der Waals surface area contributed by atoms with Gasteiger partial charge < -0.3 is 14.8 Å². The molecule has 2 amide bonds. The molecule has 0 atom stereocenters. The van der Waals surface area contributed by atoms with Crippen molar-refractivity contribution in [1.82, 2.24) is 19.8 Å². The predicted octanol–water partition coefficient (Wildman–Crippen LogP) is 3.17. The largest absolute Gasteiger partial charge is 0.345 e. The molecule has 2 aliphatic rings. The van der Waals surface area contributed by atoms with Gasteiger partial charge in [-0.1, -0.05) is 31.0 Å². The molecule has 1 N–H and O–H groups in total. The van der Waals surface area contributed by atoms with Crippen molar-refractivity contribution in [3.8, 4) is 5.69 Å². The second-order valence-electron chi connectivity index (χ2n) is 8.32. The van der Waals surface area contributed by atoms with Crippen LogP contribution in [-0.4, -0.2) is 44.9 Å². The summed E-state index contributed by atoms with van der Waals surface area (Å²) in [6.45, 7) is 3.49. The van der Waals surface area contributed by atoms with Crippen molar-refractivity contribution in [2.24, 2.45) is 5.92 Å². The van der Waals surface area contributed by atoms with E-state index in [9.17, 15) is 9.59 Å². The van der Waals surface area contributed by atoms with Crippen molar-refractivity contribution in [3.63, 3.8) is 0 Å². The fourth-order valence-corrected chi connectivity index (χ4v) is 4.30. The van der Waals surface area contributed by atoms with Crippen LogP contribution in [-0.2, 0) is 4.79 Å². The molecule has 1 saturated heterocycles. The third-order valence-corrected chi connectivity index (χ3v) is 6.17. The number of imidazole rings is 1. The number of carbonyl (C=O) groups excluding carboxylic acids is 2. The van der Waals surface area contributed by atoms with Gasteiger partial charge in [0.05, 0.1) is 0 Å². The summed E-state index contributed by atoms with van der Waals surface area (Å²) < 4.78 is 1.85. The summed E-state index contributed by atoms with van der Waals surface area (Å²) in [6, 6.07) is 9.82. The third kappa shape index (κ3) is 3.96. The lowest BCUT2D eigenvalue weighted by atomic mass is 9.88. The molecule has 1 aromatic heterocycles. The second-order valence-corrected chi connectivity index (χ2v) is 8.32. The Bertz CT molecular complexity index is 831. The number of hydrogen-bond acceptors (Lipinski definition) is 3. The highest BCUT2D eigenvalue weighted by Crippen LogP contribution is 2.29. The molecule has 1 saturated carbocycles. The Morgan fingerprint density at radius 1 is 1.11 bits per heavy atom. The number of para-hydroxylation sites is 1. The number of aromatic nitrogens is 2. The molecule has 2 aromatic rings. The van der Waals surface area contributed by atoms with Crippen LogP contribution in [0.25, 0.3) is 5.69 Å². The van der Waals surface area contributed by atoms with Gasteiger partial charge in [-0.15, -0.1) is 0 Å². The average molecular weight is 380 g/mol. The van der Waals surface area contributed by atoms with Crippen LogP contribution < -0.4 is 5.32 Å². The molecule has 0 bridgehead atoms. The van der Waals surface area contributed by atoms with E-state index in [-0.39, 0.29) is 17.4 Å². The maximum Gasteiger partial charge on any atom is 0.271 e. The topological polar surface area (TPSA) is 67.2 Å². The van der Waals surface area contributed by atoms with Gasteiger partial charge in [0.25, 0.3) is 5.91 Å². The molecule has 6 heteroatoms. The number of nitrogens with zero attached hydrogens (tertiary/aromatic N) is 3. The molecule has 2 heterocycles. The lowest BCUT2D eigenvalue weighted by Gasteiger charge is -2.40. The molecule has 0 unspecified atom stereocenters. The monoisotopic (exact) mass is 380 g/mol. The van der Waals surface area contributed by atoms with Crippen molar-refractivity contribution in [2.75, 3.05) is 13.1 Å². The summed E-state index contributed by atoms with van der Waals surface area (Å²) in [7, 11) is 0. The van der Waals surface area contributed by atoms with E-state index >= 15 is 0 Å². The van der Waals surface area contributed by atoms with E-state index in [4.69, 9.17) is 0 Å².